The molecule has 2 rings (SSSR count). The van der Waals surface area contributed by atoms with Gasteiger partial charge < -0.3 is 10.4 Å². The molecule has 1 amide bonds. The maximum Gasteiger partial charge on any atom is 0.325 e. The Morgan fingerprint density at radius 1 is 1.08 bits per heavy atom. The minimum absolute atomic E-state index is 0.146. The number of hydrogen-bond acceptors (Lipinski definition) is 4. The molecule has 132 valence electrons. The number of carbonyl (C=O) groups excluding carboxylic acids is 1. The summed E-state index contributed by atoms with van der Waals surface area (Å²) in [4.78, 5) is 22.8. The Morgan fingerprint density at radius 2 is 1.62 bits per heavy atom. The van der Waals surface area contributed by atoms with Crippen LogP contribution >= 0.6 is 0 Å². The summed E-state index contributed by atoms with van der Waals surface area (Å²) in [6, 6.07) is 4.56. The minimum atomic E-state index is -3.56. The van der Waals surface area contributed by atoms with Crippen molar-refractivity contribution in [1.29, 1.82) is 0 Å². The minimum Gasteiger partial charge on any atom is -0.480 e. The third-order valence-corrected chi connectivity index (χ3v) is 5.95. The highest BCUT2D eigenvalue weighted by atomic mass is 32.2. The van der Waals surface area contributed by atoms with Gasteiger partial charge in [0.25, 0.3) is 5.91 Å². The van der Waals surface area contributed by atoms with Gasteiger partial charge >= 0.3 is 5.97 Å². The van der Waals surface area contributed by atoms with Crippen molar-refractivity contribution in [2.75, 3.05) is 13.1 Å². The van der Waals surface area contributed by atoms with E-state index in [2.05, 4.69) is 5.32 Å². The number of rotatable bonds is 5. The summed E-state index contributed by atoms with van der Waals surface area (Å²) >= 11 is 0. The van der Waals surface area contributed by atoms with Crippen molar-refractivity contribution in [3.05, 3.63) is 29.8 Å². The first kappa shape index (κ1) is 18.4. The van der Waals surface area contributed by atoms with Crippen LogP contribution in [0, 0.1) is 0 Å². The molecule has 0 saturated carbocycles. The molecular formula is C16H22N2O5S. The third-order valence-electron chi connectivity index (χ3n) is 4.04. The summed E-state index contributed by atoms with van der Waals surface area (Å²) in [5, 5.41) is 11.1. The molecule has 1 atom stereocenters. The van der Waals surface area contributed by atoms with E-state index in [9.17, 15) is 18.0 Å². The number of aliphatic carboxylic acids is 1. The molecule has 1 aromatic rings. The highest BCUT2D eigenvalue weighted by Crippen LogP contribution is 2.20. The quantitative estimate of drug-likeness (QED) is 0.833. The van der Waals surface area contributed by atoms with Gasteiger partial charge in [-0.05, 0) is 44.0 Å². The summed E-state index contributed by atoms with van der Waals surface area (Å²) in [6.45, 7) is 2.39. The van der Waals surface area contributed by atoms with E-state index in [1.165, 1.54) is 35.5 Å². The molecule has 0 aliphatic carbocycles. The fourth-order valence-electron chi connectivity index (χ4n) is 2.55. The number of nitrogens with one attached hydrogen (secondary N) is 1. The standard InChI is InChI=1S/C16H22N2O5S/c1-12(16(20)21)17-15(19)13-6-8-14(9-7-13)24(22,23)18-10-4-2-3-5-11-18/h6-9,12H,2-5,10-11H2,1H3,(H,17,19)(H,20,21). The van der Waals surface area contributed by atoms with Crippen molar-refractivity contribution in [3.63, 3.8) is 0 Å². The molecule has 8 heteroatoms. The molecule has 0 radical (unpaired) electrons. The van der Waals surface area contributed by atoms with Crippen LogP contribution in [0.25, 0.3) is 0 Å². The predicted molar refractivity (Wildman–Crippen MR) is 88.2 cm³/mol. The zero-order valence-electron chi connectivity index (χ0n) is 13.6. The molecule has 7 nitrogen and oxygen atoms in total. The molecule has 1 fully saturated rings. The number of carboxylic acids is 1. The Bertz CT molecular complexity index is 692. The monoisotopic (exact) mass is 354 g/mol. The Labute approximate surface area is 141 Å². The van der Waals surface area contributed by atoms with Gasteiger partial charge in [0.1, 0.15) is 6.04 Å². The van der Waals surface area contributed by atoms with Crippen LogP contribution in [-0.2, 0) is 14.8 Å². The molecular weight excluding hydrogens is 332 g/mol. The highest BCUT2D eigenvalue weighted by Gasteiger charge is 2.25. The Hall–Kier alpha value is -1.93. The Kier molecular flexibility index (Phi) is 5.95. The van der Waals surface area contributed by atoms with E-state index >= 15 is 0 Å². The second kappa shape index (κ2) is 7.76. The van der Waals surface area contributed by atoms with Crippen LogP contribution in [0.1, 0.15) is 43.0 Å². The number of carbonyl (C=O) groups is 2. The molecule has 1 heterocycles. The lowest BCUT2D eigenvalue weighted by atomic mass is 10.2. The van der Waals surface area contributed by atoms with Crippen LogP contribution in [0.2, 0.25) is 0 Å². The van der Waals surface area contributed by atoms with Crippen LogP contribution in [0.4, 0.5) is 0 Å². The number of carboxylic acid groups (broad SMARTS) is 1. The molecule has 1 aliphatic rings. The predicted octanol–water partition coefficient (Wildman–Crippen LogP) is 1.45. The highest BCUT2D eigenvalue weighted by molar-refractivity contribution is 7.89. The molecule has 24 heavy (non-hydrogen) atoms. The topological polar surface area (TPSA) is 104 Å². The van der Waals surface area contributed by atoms with Crippen molar-refractivity contribution < 1.29 is 23.1 Å². The third kappa shape index (κ3) is 4.33. The maximum absolute atomic E-state index is 12.6. The molecule has 2 N–H and O–H groups in total. The number of benzene rings is 1. The SMILES string of the molecule is CC(NC(=O)c1ccc(S(=O)(=O)N2CCCCCC2)cc1)C(=O)O. The lowest BCUT2D eigenvalue weighted by Crippen LogP contribution is -2.38. The summed E-state index contributed by atoms with van der Waals surface area (Å²) in [5.74, 6) is -1.69. The van der Waals surface area contributed by atoms with Gasteiger partial charge in [-0.2, -0.15) is 4.31 Å². The first-order chi connectivity index (χ1) is 11.3. The van der Waals surface area contributed by atoms with Crippen LogP contribution in [0.5, 0.6) is 0 Å². The average molecular weight is 354 g/mol. The number of hydrogen-bond donors (Lipinski definition) is 2. The second-order valence-corrected chi connectivity index (χ2v) is 7.81. The molecule has 1 aromatic carbocycles. The molecule has 1 aliphatic heterocycles. The fraction of sp³-hybridized carbons (Fsp3) is 0.500. The number of nitrogens with zero attached hydrogens (tertiary/aromatic N) is 1. The lowest BCUT2D eigenvalue weighted by molar-refractivity contribution is -0.138. The van der Waals surface area contributed by atoms with Gasteiger partial charge in [-0.15, -0.1) is 0 Å². The number of sulfonamides is 1. The van der Waals surface area contributed by atoms with E-state index in [4.69, 9.17) is 5.11 Å². The van der Waals surface area contributed by atoms with Crippen molar-refractivity contribution in [1.82, 2.24) is 9.62 Å². The van der Waals surface area contributed by atoms with Gasteiger partial charge in [-0.1, -0.05) is 12.8 Å². The van der Waals surface area contributed by atoms with E-state index in [0.29, 0.717) is 13.1 Å². The van der Waals surface area contributed by atoms with E-state index in [0.717, 1.165) is 25.7 Å². The molecule has 0 aromatic heterocycles. The van der Waals surface area contributed by atoms with Gasteiger partial charge in [0.2, 0.25) is 10.0 Å². The smallest absolute Gasteiger partial charge is 0.325 e. The van der Waals surface area contributed by atoms with Crippen LogP contribution in [0.3, 0.4) is 0 Å². The maximum atomic E-state index is 12.6. The van der Waals surface area contributed by atoms with Crippen LogP contribution in [-0.4, -0.2) is 48.8 Å². The van der Waals surface area contributed by atoms with Crippen LogP contribution < -0.4 is 5.32 Å². The molecule has 0 spiro atoms. The molecule has 1 unspecified atom stereocenters. The zero-order valence-corrected chi connectivity index (χ0v) is 14.4. The van der Waals surface area contributed by atoms with Crippen molar-refractivity contribution >= 4 is 21.9 Å². The first-order valence-corrected chi connectivity index (χ1v) is 9.40. The fourth-order valence-corrected chi connectivity index (χ4v) is 4.07. The van der Waals surface area contributed by atoms with Crippen molar-refractivity contribution in [3.8, 4) is 0 Å². The van der Waals surface area contributed by atoms with Gasteiger partial charge in [0, 0.05) is 18.7 Å². The summed E-state index contributed by atoms with van der Waals surface area (Å²) < 4.78 is 26.8. The number of amides is 1. The van der Waals surface area contributed by atoms with Crippen molar-refractivity contribution in [2.45, 2.75) is 43.5 Å². The summed E-state index contributed by atoms with van der Waals surface area (Å²) in [6.07, 6.45) is 3.78. The van der Waals surface area contributed by atoms with Gasteiger partial charge in [-0.3, -0.25) is 9.59 Å². The molecule has 0 bridgehead atoms. The summed E-state index contributed by atoms with van der Waals surface area (Å²) in [7, 11) is -3.56. The summed E-state index contributed by atoms with van der Waals surface area (Å²) in [5.41, 5.74) is 0.220. The largest absolute Gasteiger partial charge is 0.480 e. The van der Waals surface area contributed by atoms with E-state index in [1.54, 1.807) is 0 Å². The second-order valence-electron chi connectivity index (χ2n) is 5.88. The Morgan fingerprint density at radius 3 is 2.12 bits per heavy atom. The first-order valence-electron chi connectivity index (χ1n) is 7.96. The van der Waals surface area contributed by atoms with Crippen molar-refractivity contribution in [2.24, 2.45) is 0 Å². The van der Waals surface area contributed by atoms with E-state index < -0.39 is 27.9 Å². The van der Waals surface area contributed by atoms with Crippen LogP contribution in [0.15, 0.2) is 29.2 Å². The van der Waals surface area contributed by atoms with Gasteiger partial charge in [0.15, 0.2) is 0 Å². The van der Waals surface area contributed by atoms with Gasteiger partial charge in [0.05, 0.1) is 4.90 Å². The molecule has 1 saturated heterocycles. The van der Waals surface area contributed by atoms with E-state index in [-0.39, 0.29) is 10.5 Å². The van der Waals surface area contributed by atoms with E-state index in [1.807, 2.05) is 0 Å². The van der Waals surface area contributed by atoms with Gasteiger partial charge in [-0.25, -0.2) is 8.42 Å². The Balaban J connectivity index is 2.13. The lowest BCUT2D eigenvalue weighted by Gasteiger charge is -2.20. The zero-order chi connectivity index (χ0) is 17.7. The normalized spacial score (nSPS) is 17.7. The average Bonchev–Trinajstić information content (AvgIpc) is 2.84.